The number of halogens is 2. The van der Waals surface area contributed by atoms with Crippen LogP contribution in [0.1, 0.15) is 25.8 Å². The number of nitrogens with zero attached hydrogens (tertiary/aromatic N) is 2. The van der Waals surface area contributed by atoms with Crippen LogP contribution in [0.2, 0.25) is 5.02 Å². The summed E-state index contributed by atoms with van der Waals surface area (Å²) in [6.45, 7) is 5.11. The molecule has 7 heteroatoms. The number of hydrogen-bond donors (Lipinski definition) is 3. The van der Waals surface area contributed by atoms with Crippen LogP contribution in [0.3, 0.4) is 0 Å². The Bertz CT molecular complexity index is 774. The lowest BCUT2D eigenvalue weighted by Crippen LogP contribution is -2.24. The van der Waals surface area contributed by atoms with Crippen molar-refractivity contribution in [2.45, 2.75) is 26.8 Å². The molecule has 0 amide bonds. The van der Waals surface area contributed by atoms with E-state index in [1.807, 2.05) is 6.07 Å². The Hall–Kier alpha value is -1.98. The zero-order valence-corrected chi connectivity index (χ0v) is 15.1. The zero-order chi connectivity index (χ0) is 17.5. The van der Waals surface area contributed by atoms with E-state index in [2.05, 4.69) is 34.4 Å². The summed E-state index contributed by atoms with van der Waals surface area (Å²) in [5.74, 6) is 0.0483. The summed E-state index contributed by atoms with van der Waals surface area (Å²) in [5.41, 5.74) is 2.91. The van der Waals surface area contributed by atoms with Gasteiger partial charge in [-0.25, -0.2) is 0 Å². The molecule has 0 spiro atoms. The SMILES string of the molecule is CCC.OC1=C(Cl)CNC=C1NCc1cc2nccnc2cc1Cl. The highest BCUT2D eigenvalue weighted by Gasteiger charge is 2.14. The summed E-state index contributed by atoms with van der Waals surface area (Å²) < 4.78 is 0. The minimum Gasteiger partial charge on any atom is -0.504 e. The molecule has 1 aliphatic heterocycles. The first kappa shape index (κ1) is 18.4. The number of aliphatic hydroxyl groups is 1. The number of benzene rings is 1. The van der Waals surface area contributed by atoms with Gasteiger partial charge in [-0.15, -0.1) is 0 Å². The van der Waals surface area contributed by atoms with E-state index in [0.717, 1.165) is 16.6 Å². The van der Waals surface area contributed by atoms with Crippen LogP contribution in [-0.2, 0) is 6.54 Å². The molecule has 0 atom stereocenters. The van der Waals surface area contributed by atoms with Gasteiger partial charge in [-0.05, 0) is 17.7 Å². The van der Waals surface area contributed by atoms with Crippen LogP contribution in [0.5, 0.6) is 0 Å². The van der Waals surface area contributed by atoms with Crippen LogP contribution in [0, 0.1) is 0 Å². The van der Waals surface area contributed by atoms with Crippen molar-refractivity contribution in [1.82, 2.24) is 20.6 Å². The van der Waals surface area contributed by atoms with Crippen molar-refractivity contribution in [3.63, 3.8) is 0 Å². The quantitative estimate of drug-likeness (QED) is 0.757. The third-order valence-electron chi connectivity index (χ3n) is 3.12. The average molecular weight is 367 g/mol. The molecule has 2 heterocycles. The van der Waals surface area contributed by atoms with Crippen LogP contribution in [0.4, 0.5) is 0 Å². The molecule has 0 unspecified atom stereocenters. The highest BCUT2D eigenvalue weighted by molar-refractivity contribution is 6.32. The molecule has 128 valence electrons. The molecule has 1 aromatic heterocycles. The Morgan fingerprint density at radius 1 is 1.17 bits per heavy atom. The maximum absolute atomic E-state index is 9.88. The van der Waals surface area contributed by atoms with Crippen LogP contribution < -0.4 is 10.6 Å². The van der Waals surface area contributed by atoms with E-state index in [1.165, 1.54) is 6.42 Å². The lowest BCUT2D eigenvalue weighted by atomic mass is 10.1. The van der Waals surface area contributed by atoms with Crippen molar-refractivity contribution >= 4 is 34.2 Å². The third-order valence-corrected chi connectivity index (χ3v) is 3.79. The van der Waals surface area contributed by atoms with E-state index in [-0.39, 0.29) is 5.76 Å². The Kier molecular flexibility index (Phi) is 6.70. The molecule has 5 nitrogen and oxygen atoms in total. The highest BCUT2D eigenvalue weighted by atomic mass is 35.5. The van der Waals surface area contributed by atoms with Crippen molar-refractivity contribution < 1.29 is 5.11 Å². The summed E-state index contributed by atoms with van der Waals surface area (Å²) in [6.07, 6.45) is 6.19. The van der Waals surface area contributed by atoms with Crippen molar-refractivity contribution in [2.75, 3.05) is 6.54 Å². The molecular weight excluding hydrogens is 347 g/mol. The first-order chi connectivity index (χ1) is 11.6. The van der Waals surface area contributed by atoms with Gasteiger partial charge in [-0.2, -0.15) is 0 Å². The molecule has 0 aliphatic carbocycles. The fraction of sp³-hybridized carbons (Fsp3) is 0.294. The maximum Gasteiger partial charge on any atom is 0.156 e. The molecule has 2 aromatic rings. The van der Waals surface area contributed by atoms with Crippen molar-refractivity contribution in [1.29, 1.82) is 0 Å². The van der Waals surface area contributed by atoms with Crippen molar-refractivity contribution in [3.05, 3.63) is 57.8 Å². The minimum atomic E-state index is 0.0483. The maximum atomic E-state index is 9.88. The van der Waals surface area contributed by atoms with Crippen molar-refractivity contribution in [2.24, 2.45) is 0 Å². The van der Waals surface area contributed by atoms with Crippen LogP contribution >= 0.6 is 23.2 Å². The molecule has 0 bridgehead atoms. The Balaban J connectivity index is 0.000000647. The van der Waals surface area contributed by atoms with Gasteiger partial charge in [-0.3, -0.25) is 9.97 Å². The number of hydrogen-bond acceptors (Lipinski definition) is 5. The Morgan fingerprint density at radius 3 is 2.46 bits per heavy atom. The van der Waals surface area contributed by atoms with Crippen LogP contribution in [0.25, 0.3) is 11.0 Å². The number of rotatable bonds is 3. The molecule has 0 fully saturated rings. The summed E-state index contributed by atoms with van der Waals surface area (Å²) in [4.78, 5) is 8.45. The number of aliphatic hydroxyl groups excluding tert-OH is 1. The summed E-state index contributed by atoms with van der Waals surface area (Å²) >= 11 is 12.1. The van der Waals surface area contributed by atoms with Gasteiger partial charge in [0, 0.05) is 30.2 Å². The first-order valence-corrected chi connectivity index (χ1v) is 8.46. The minimum absolute atomic E-state index is 0.0483. The summed E-state index contributed by atoms with van der Waals surface area (Å²) in [5, 5.41) is 16.9. The van der Waals surface area contributed by atoms with E-state index in [1.54, 1.807) is 24.7 Å². The lowest BCUT2D eigenvalue weighted by molar-refractivity contribution is 0.404. The van der Waals surface area contributed by atoms with E-state index in [0.29, 0.717) is 28.8 Å². The molecule has 1 aliphatic rings. The molecule has 1 aromatic carbocycles. The predicted molar refractivity (Wildman–Crippen MR) is 98.9 cm³/mol. The molecule has 0 saturated heterocycles. The largest absolute Gasteiger partial charge is 0.504 e. The zero-order valence-electron chi connectivity index (χ0n) is 13.6. The Morgan fingerprint density at radius 2 is 1.79 bits per heavy atom. The van der Waals surface area contributed by atoms with Gasteiger partial charge >= 0.3 is 0 Å². The van der Waals surface area contributed by atoms with Crippen molar-refractivity contribution in [3.8, 4) is 0 Å². The van der Waals surface area contributed by atoms with Gasteiger partial charge in [0.05, 0.1) is 28.3 Å². The molecule has 3 N–H and O–H groups in total. The van der Waals surface area contributed by atoms with Gasteiger partial charge < -0.3 is 15.7 Å². The van der Waals surface area contributed by atoms with E-state index < -0.39 is 0 Å². The van der Waals surface area contributed by atoms with Crippen LogP contribution in [-0.4, -0.2) is 21.6 Å². The molecule has 0 saturated carbocycles. The molecular formula is C17H20Cl2N4O. The third kappa shape index (κ3) is 4.52. The van der Waals surface area contributed by atoms with Gasteiger partial charge in [0.1, 0.15) is 0 Å². The average Bonchev–Trinajstić information content (AvgIpc) is 2.57. The summed E-state index contributed by atoms with van der Waals surface area (Å²) in [6, 6.07) is 3.65. The molecule has 24 heavy (non-hydrogen) atoms. The first-order valence-electron chi connectivity index (χ1n) is 7.71. The van der Waals surface area contributed by atoms with Crippen LogP contribution in [0.15, 0.2) is 47.2 Å². The number of fused-ring (bicyclic) bond motifs is 1. The van der Waals surface area contributed by atoms with E-state index in [4.69, 9.17) is 23.2 Å². The molecule has 3 rings (SSSR count). The monoisotopic (exact) mass is 366 g/mol. The Labute approximate surface area is 151 Å². The fourth-order valence-corrected chi connectivity index (χ4v) is 2.43. The van der Waals surface area contributed by atoms with E-state index >= 15 is 0 Å². The van der Waals surface area contributed by atoms with Gasteiger partial charge in [-0.1, -0.05) is 43.5 Å². The standard InChI is InChI=1S/C14H12Cl2N4O.C3H8/c15-9-4-12-11(18-1-2-19-12)3-8(9)5-20-13-7-17-6-10(16)14(13)21;1-3-2/h1-4,7,17,20-21H,5-6H2;3H2,1-2H3. The predicted octanol–water partition coefficient (Wildman–Crippen LogP) is 4.24. The topological polar surface area (TPSA) is 70.1 Å². The fourth-order valence-electron chi connectivity index (χ4n) is 2.03. The number of dihydropyridines is 1. The second kappa shape index (κ2) is 8.76. The molecule has 0 radical (unpaired) electrons. The normalized spacial score (nSPS) is 13.8. The highest BCUT2D eigenvalue weighted by Crippen LogP contribution is 2.22. The second-order valence-electron chi connectivity index (χ2n) is 5.24. The lowest BCUT2D eigenvalue weighted by Gasteiger charge is -2.17. The summed E-state index contributed by atoms with van der Waals surface area (Å²) in [7, 11) is 0. The number of aromatic nitrogens is 2. The smallest absolute Gasteiger partial charge is 0.156 e. The van der Waals surface area contributed by atoms with Gasteiger partial charge in [0.25, 0.3) is 0 Å². The van der Waals surface area contributed by atoms with E-state index in [9.17, 15) is 5.11 Å². The second-order valence-corrected chi connectivity index (χ2v) is 6.11. The van der Waals surface area contributed by atoms with Gasteiger partial charge in [0.2, 0.25) is 0 Å². The number of nitrogens with one attached hydrogen (secondary N) is 2. The van der Waals surface area contributed by atoms with Gasteiger partial charge in [0.15, 0.2) is 5.76 Å².